The quantitative estimate of drug-likeness (QED) is 0.830. The molecular weight excluding hydrogens is 355 g/mol. The lowest BCUT2D eigenvalue weighted by Gasteiger charge is -2.40. The van der Waals surface area contributed by atoms with Crippen molar-refractivity contribution in [3.8, 4) is 0 Å². The van der Waals surface area contributed by atoms with E-state index in [0.717, 1.165) is 36.2 Å². The van der Waals surface area contributed by atoms with Gasteiger partial charge in [0.2, 0.25) is 5.91 Å². The molecule has 2 aliphatic rings. The van der Waals surface area contributed by atoms with E-state index in [9.17, 15) is 4.79 Å². The zero-order chi connectivity index (χ0) is 17.6. The smallest absolute Gasteiger partial charge is 0.249 e. The highest BCUT2D eigenvalue weighted by Crippen LogP contribution is 2.46. The first-order chi connectivity index (χ1) is 12.0. The van der Waals surface area contributed by atoms with Crippen LogP contribution in [0, 0.1) is 0 Å². The Morgan fingerprint density at radius 1 is 1.20 bits per heavy atom. The minimum absolute atomic E-state index is 0.0264. The first-order valence-electron chi connectivity index (χ1n) is 8.63. The lowest BCUT2D eigenvalue weighted by molar-refractivity contribution is -0.128. The van der Waals surface area contributed by atoms with E-state index >= 15 is 0 Å². The van der Waals surface area contributed by atoms with E-state index in [1.165, 1.54) is 0 Å². The van der Waals surface area contributed by atoms with E-state index in [1.54, 1.807) is 0 Å². The van der Waals surface area contributed by atoms with Crippen molar-refractivity contribution in [3.05, 3.63) is 63.6 Å². The molecule has 1 fully saturated rings. The molecule has 0 spiro atoms. The highest BCUT2D eigenvalue weighted by molar-refractivity contribution is 6.31. The summed E-state index contributed by atoms with van der Waals surface area (Å²) in [6.07, 6.45) is 2.81. The maximum atomic E-state index is 13.3. The molecule has 2 aromatic carbocycles. The number of hydrogen-bond donors (Lipinski definition) is 1. The molecule has 3 nitrogen and oxygen atoms in total. The Kier molecular flexibility index (Phi) is 4.27. The minimum Gasteiger partial charge on any atom is -0.324 e. The van der Waals surface area contributed by atoms with Crippen molar-refractivity contribution in [2.24, 2.45) is 0 Å². The number of carbonyl (C=O) groups excluding carboxylic acids is 1. The van der Waals surface area contributed by atoms with Crippen LogP contribution in [0.1, 0.15) is 30.9 Å². The summed E-state index contributed by atoms with van der Waals surface area (Å²) in [5, 5.41) is 4.39. The number of nitrogens with one attached hydrogen (secondary N) is 1. The van der Waals surface area contributed by atoms with Gasteiger partial charge in [0, 0.05) is 33.8 Å². The first kappa shape index (κ1) is 16.9. The minimum atomic E-state index is -0.708. The molecule has 2 atom stereocenters. The Balaban J connectivity index is 1.87. The van der Waals surface area contributed by atoms with E-state index < -0.39 is 5.54 Å². The second-order valence-electron chi connectivity index (χ2n) is 7.00. The Hall–Kier alpha value is -1.55. The molecule has 0 saturated carbocycles. The number of carbonyl (C=O) groups is 1. The van der Waals surface area contributed by atoms with Gasteiger partial charge in [-0.2, -0.15) is 0 Å². The molecule has 0 aromatic heterocycles. The molecule has 130 valence electrons. The fourth-order valence-corrected chi connectivity index (χ4v) is 4.72. The second-order valence-corrected chi connectivity index (χ2v) is 7.87. The number of fused-ring (bicyclic) bond motifs is 1. The zero-order valence-corrected chi connectivity index (χ0v) is 15.6. The van der Waals surface area contributed by atoms with Gasteiger partial charge in [0.1, 0.15) is 5.54 Å². The van der Waals surface area contributed by atoms with E-state index in [-0.39, 0.29) is 5.91 Å². The molecule has 1 N–H and O–H groups in total. The summed E-state index contributed by atoms with van der Waals surface area (Å²) in [7, 11) is 0. The first-order valence-corrected chi connectivity index (χ1v) is 9.39. The molecule has 4 rings (SSSR count). The average molecular weight is 375 g/mol. The Labute approximate surface area is 157 Å². The molecule has 25 heavy (non-hydrogen) atoms. The number of amides is 1. The van der Waals surface area contributed by atoms with Gasteiger partial charge in [-0.15, -0.1) is 0 Å². The normalized spacial score (nSPS) is 25.9. The van der Waals surface area contributed by atoms with E-state index in [4.69, 9.17) is 23.2 Å². The van der Waals surface area contributed by atoms with Crippen molar-refractivity contribution in [3.63, 3.8) is 0 Å². The number of halogens is 2. The monoisotopic (exact) mass is 374 g/mol. The number of benzene rings is 2. The number of hydrogen-bond acceptors (Lipinski definition) is 2. The summed E-state index contributed by atoms with van der Waals surface area (Å²) in [4.78, 5) is 15.6. The van der Waals surface area contributed by atoms with Gasteiger partial charge in [0.05, 0.1) is 0 Å². The van der Waals surface area contributed by atoms with Gasteiger partial charge in [0.25, 0.3) is 0 Å². The molecule has 2 unspecified atom stereocenters. The van der Waals surface area contributed by atoms with Crippen molar-refractivity contribution in [1.29, 1.82) is 0 Å². The van der Waals surface area contributed by atoms with Crippen molar-refractivity contribution in [2.45, 2.75) is 37.8 Å². The zero-order valence-electron chi connectivity index (χ0n) is 14.1. The van der Waals surface area contributed by atoms with Crippen LogP contribution < -0.4 is 5.32 Å². The van der Waals surface area contributed by atoms with Gasteiger partial charge < -0.3 is 5.32 Å². The van der Waals surface area contributed by atoms with Crippen LogP contribution in [-0.2, 0) is 16.8 Å². The maximum Gasteiger partial charge on any atom is 0.249 e. The summed E-state index contributed by atoms with van der Waals surface area (Å²) >= 11 is 12.3. The highest BCUT2D eigenvalue weighted by atomic mass is 35.5. The predicted molar refractivity (Wildman–Crippen MR) is 102 cm³/mol. The SMILES string of the molecule is CC1CCCN1C1(Cc2cccc(Cl)c2)C(=O)Nc2cc(Cl)ccc21. The third-order valence-corrected chi connectivity index (χ3v) is 5.91. The fourth-order valence-electron chi connectivity index (χ4n) is 4.33. The summed E-state index contributed by atoms with van der Waals surface area (Å²) in [5.74, 6) is 0.0264. The predicted octanol–water partition coefficient (Wildman–Crippen LogP) is 4.87. The molecule has 0 radical (unpaired) electrons. The van der Waals surface area contributed by atoms with Crippen LogP contribution in [0.15, 0.2) is 42.5 Å². The van der Waals surface area contributed by atoms with Gasteiger partial charge in [-0.3, -0.25) is 9.69 Å². The van der Waals surface area contributed by atoms with Crippen LogP contribution >= 0.6 is 23.2 Å². The number of nitrogens with zero attached hydrogens (tertiary/aromatic N) is 1. The van der Waals surface area contributed by atoms with Crippen LogP contribution in [0.25, 0.3) is 0 Å². The lowest BCUT2D eigenvalue weighted by Crippen LogP contribution is -2.53. The van der Waals surface area contributed by atoms with Crippen molar-refractivity contribution >= 4 is 34.8 Å². The van der Waals surface area contributed by atoms with Gasteiger partial charge in [-0.05, 0) is 56.1 Å². The maximum absolute atomic E-state index is 13.3. The Morgan fingerprint density at radius 2 is 2.00 bits per heavy atom. The second kappa shape index (κ2) is 6.31. The molecule has 0 aliphatic carbocycles. The summed E-state index contributed by atoms with van der Waals surface area (Å²) < 4.78 is 0. The Bertz CT molecular complexity index is 838. The van der Waals surface area contributed by atoms with Crippen LogP contribution in [0.5, 0.6) is 0 Å². The third-order valence-electron chi connectivity index (χ3n) is 5.44. The van der Waals surface area contributed by atoms with E-state index in [2.05, 4.69) is 17.1 Å². The molecule has 0 bridgehead atoms. The van der Waals surface area contributed by atoms with E-state index in [1.807, 2.05) is 42.5 Å². The molecule has 2 aliphatic heterocycles. The van der Waals surface area contributed by atoms with Crippen molar-refractivity contribution < 1.29 is 4.79 Å². The van der Waals surface area contributed by atoms with Crippen LogP contribution in [0.3, 0.4) is 0 Å². The van der Waals surface area contributed by atoms with Crippen molar-refractivity contribution in [2.75, 3.05) is 11.9 Å². The molecule has 2 heterocycles. The number of likely N-dealkylation sites (tertiary alicyclic amines) is 1. The molecule has 1 amide bonds. The number of rotatable bonds is 3. The van der Waals surface area contributed by atoms with Crippen LogP contribution in [0.4, 0.5) is 5.69 Å². The van der Waals surface area contributed by atoms with Gasteiger partial charge in [-0.25, -0.2) is 0 Å². The Morgan fingerprint density at radius 3 is 2.72 bits per heavy atom. The summed E-state index contributed by atoms with van der Waals surface area (Å²) in [6.45, 7) is 3.12. The van der Waals surface area contributed by atoms with Crippen LogP contribution in [-0.4, -0.2) is 23.4 Å². The largest absolute Gasteiger partial charge is 0.324 e. The highest BCUT2D eigenvalue weighted by Gasteiger charge is 2.53. The molecular formula is C20H20Cl2N2O. The average Bonchev–Trinajstić information content (AvgIpc) is 3.09. The lowest BCUT2D eigenvalue weighted by atomic mass is 9.82. The third kappa shape index (κ3) is 2.75. The molecule has 2 aromatic rings. The topological polar surface area (TPSA) is 32.3 Å². The van der Waals surface area contributed by atoms with Gasteiger partial charge in [-0.1, -0.05) is 41.4 Å². The molecule has 1 saturated heterocycles. The van der Waals surface area contributed by atoms with Crippen LogP contribution in [0.2, 0.25) is 10.0 Å². The van der Waals surface area contributed by atoms with Gasteiger partial charge in [0.15, 0.2) is 0 Å². The summed E-state index contributed by atoms with van der Waals surface area (Å²) in [6, 6.07) is 13.8. The summed E-state index contributed by atoms with van der Waals surface area (Å²) in [5.41, 5.74) is 2.18. The fraction of sp³-hybridized carbons (Fsp3) is 0.350. The van der Waals surface area contributed by atoms with Crippen molar-refractivity contribution in [1.82, 2.24) is 4.90 Å². The number of anilines is 1. The molecule has 5 heteroatoms. The standard InChI is InChI=1S/C20H20Cl2N2O/c1-13-4-3-9-24(13)20(12-14-5-2-6-15(21)10-14)17-8-7-16(22)11-18(17)23-19(20)25/h2,5-8,10-11,13H,3-4,9,12H2,1H3,(H,23,25). The van der Waals surface area contributed by atoms with Gasteiger partial charge >= 0.3 is 0 Å². The van der Waals surface area contributed by atoms with E-state index in [0.29, 0.717) is 22.5 Å².